The number of carbonyl (C=O) groups is 1. The molecule has 1 saturated carbocycles. The Morgan fingerprint density at radius 3 is 2.78 bits per heavy atom. The number of carboxylic acid groups (broad SMARTS) is 1. The fraction of sp³-hybridized carbons (Fsp3) is 0.462. The first kappa shape index (κ1) is 12.7. The van der Waals surface area contributed by atoms with Gasteiger partial charge in [-0.25, -0.2) is 4.39 Å². The largest absolute Gasteiger partial charge is 0.493 e. The number of rotatable bonds is 6. The van der Waals surface area contributed by atoms with Crippen molar-refractivity contribution in [3.63, 3.8) is 0 Å². The Morgan fingerprint density at radius 1 is 1.50 bits per heavy atom. The number of hydrogen-bond acceptors (Lipinski definition) is 3. The summed E-state index contributed by atoms with van der Waals surface area (Å²) < 4.78 is 24.2. The Labute approximate surface area is 104 Å². The van der Waals surface area contributed by atoms with E-state index in [1.807, 2.05) is 0 Å². The van der Waals surface area contributed by atoms with Crippen molar-refractivity contribution in [2.75, 3.05) is 7.11 Å². The van der Waals surface area contributed by atoms with Crippen LogP contribution in [0.3, 0.4) is 0 Å². The van der Waals surface area contributed by atoms with Gasteiger partial charge in [-0.3, -0.25) is 4.79 Å². The van der Waals surface area contributed by atoms with Gasteiger partial charge in [0.25, 0.3) is 0 Å². The molecule has 1 aromatic carbocycles. The molecule has 2 rings (SSSR count). The van der Waals surface area contributed by atoms with Crippen molar-refractivity contribution in [3.05, 3.63) is 23.5 Å². The Balaban J connectivity index is 2.27. The molecule has 1 aliphatic rings. The van der Waals surface area contributed by atoms with Gasteiger partial charge in [0.05, 0.1) is 13.2 Å². The lowest BCUT2D eigenvalue weighted by atomic mass is 10.1. The predicted molar refractivity (Wildman–Crippen MR) is 62.6 cm³/mol. The van der Waals surface area contributed by atoms with Crippen LogP contribution >= 0.6 is 0 Å². The molecule has 1 aliphatic carbocycles. The lowest BCUT2D eigenvalue weighted by molar-refractivity contribution is -0.136. The fourth-order valence-corrected chi connectivity index (χ4v) is 1.69. The molecule has 0 aliphatic heterocycles. The number of benzene rings is 1. The lowest BCUT2D eigenvalue weighted by Crippen LogP contribution is -2.05. The minimum Gasteiger partial charge on any atom is -0.493 e. The lowest BCUT2D eigenvalue weighted by Gasteiger charge is -2.14. The van der Waals surface area contributed by atoms with Gasteiger partial charge in [-0.2, -0.15) is 0 Å². The predicted octanol–water partition coefficient (Wildman–Crippen LogP) is 2.39. The summed E-state index contributed by atoms with van der Waals surface area (Å²) in [7, 11) is 1.44. The summed E-state index contributed by atoms with van der Waals surface area (Å²) in [5.74, 6) is -0.573. The van der Waals surface area contributed by atoms with Crippen LogP contribution in [0.4, 0.5) is 4.39 Å². The summed E-state index contributed by atoms with van der Waals surface area (Å²) in [6, 6.07) is 2.56. The van der Waals surface area contributed by atoms with Crippen LogP contribution in [-0.4, -0.2) is 24.3 Å². The number of hydrogen-bond donors (Lipinski definition) is 1. The van der Waals surface area contributed by atoms with Crippen molar-refractivity contribution in [2.45, 2.75) is 31.8 Å². The van der Waals surface area contributed by atoms with Gasteiger partial charge in [0.2, 0.25) is 0 Å². The van der Waals surface area contributed by atoms with Gasteiger partial charge in [-0.05, 0) is 25.3 Å². The molecule has 4 nitrogen and oxygen atoms in total. The van der Waals surface area contributed by atoms with Gasteiger partial charge in [-0.1, -0.05) is 0 Å². The Morgan fingerprint density at radius 2 is 2.22 bits per heavy atom. The zero-order chi connectivity index (χ0) is 13.1. The molecule has 1 fully saturated rings. The van der Waals surface area contributed by atoms with Crippen LogP contribution in [0.25, 0.3) is 0 Å². The van der Waals surface area contributed by atoms with Crippen LogP contribution < -0.4 is 9.47 Å². The average molecular weight is 254 g/mol. The molecule has 1 aromatic rings. The van der Waals surface area contributed by atoms with Crippen molar-refractivity contribution in [1.82, 2.24) is 0 Å². The molecule has 0 aromatic heterocycles. The third-order valence-corrected chi connectivity index (χ3v) is 2.73. The van der Waals surface area contributed by atoms with Gasteiger partial charge < -0.3 is 14.6 Å². The molecular formula is C13H15FO4. The molecule has 0 amide bonds. The summed E-state index contributed by atoms with van der Waals surface area (Å²) in [6.07, 6.45) is 2.25. The van der Waals surface area contributed by atoms with E-state index in [0.29, 0.717) is 17.1 Å². The van der Waals surface area contributed by atoms with Crippen molar-refractivity contribution in [1.29, 1.82) is 0 Å². The summed E-state index contributed by atoms with van der Waals surface area (Å²) in [4.78, 5) is 10.6. The van der Waals surface area contributed by atoms with Gasteiger partial charge in [0.15, 0.2) is 11.5 Å². The standard InChI is InChI=1S/C13H15FO4/c1-17-11-7-9(14)6-8(2-5-12(15)16)13(11)18-10-3-4-10/h6-7,10H,2-5H2,1H3,(H,15,16). The highest BCUT2D eigenvalue weighted by Gasteiger charge is 2.26. The highest BCUT2D eigenvalue weighted by Crippen LogP contribution is 2.37. The first-order valence-corrected chi connectivity index (χ1v) is 5.85. The molecule has 0 radical (unpaired) electrons. The maximum absolute atomic E-state index is 13.4. The van der Waals surface area contributed by atoms with Crippen molar-refractivity contribution < 1.29 is 23.8 Å². The molecule has 0 heterocycles. The monoisotopic (exact) mass is 254 g/mol. The van der Waals surface area contributed by atoms with Crippen LogP contribution in [0.1, 0.15) is 24.8 Å². The number of ether oxygens (including phenoxy) is 2. The number of aryl methyl sites for hydroxylation is 1. The van der Waals surface area contributed by atoms with E-state index in [-0.39, 0.29) is 18.9 Å². The van der Waals surface area contributed by atoms with Crippen LogP contribution in [0.15, 0.2) is 12.1 Å². The molecule has 0 atom stereocenters. The van der Waals surface area contributed by atoms with Crippen LogP contribution in [0.5, 0.6) is 11.5 Å². The number of carboxylic acids is 1. The van der Waals surface area contributed by atoms with Crippen LogP contribution in [-0.2, 0) is 11.2 Å². The second kappa shape index (κ2) is 5.25. The topological polar surface area (TPSA) is 55.8 Å². The van der Waals surface area contributed by atoms with Crippen molar-refractivity contribution in [2.24, 2.45) is 0 Å². The molecule has 98 valence electrons. The van der Waals surface area contributed by atoms with E-state index in [9.17, 15) is 9.18 Å². The average Bonchev–Trinajstić information content (AvgIpc) is 3.12. The molecule has 0 unspecified atom stereocenters. The normalized spacial score (nSPS) is 14.3. The first-order chi connectivity index (χ1) is 8.60. The Hall–Kier alpha value is -1.78. The molecular weight excluding hydrogens is 239 g/mol. The molecule has 18 heavy (non-hydrogen) atoms. The van der Waals surface area contributed by atoms with Crippen LogP contribution in [0.2, 0.25) is 0 Å². The maximum atomic E-state index is 13.4. The smallest absolute Gasteiger partial charge is 0.303 e. The van der Waals surface area contributed by atoms with E-state index in [0.717, 1.165) is 12.8 Å². The Kier molecular flexibility index (Phi) is 3.69. The minimum absolute atomic E-state index is 0.0619. The van der Waals surface area contributed by atoms with E-state index in [1.165, 1.54) is 19.2 Å². The number of halogens is 1. The van der Waals surface area contributed by atoms with Gasteiger partial charge in [0, 0.05) is 18.1 Å². The van der Waals surface area contributed by atoms with Gasteiger partial charge in [-0.15, -0.1) is 0 Å². The third-order valence-electron chi connectivity index (χ3n) is 2.73. The molecule has 1 N–H and O–H groups in total. The minimum atomic E-state index is -0.921. The van der Waals surface area contributed by atoms with Crippen molar-refractivity contribution in [3.8, 4) is 11.5 Å². The highest BCUT2D eigenvalue weighted by atomic mass is 19.1. The van der Waals surface area contributed by atoms with E-state index >= 15 is 0 Å². The number of aliphatic carboxylic acids is 1. The first-order valence-electron chi connectivity index (χ1n) is 5.85. The SMILES string of the molecule is COc1cc(F)cc(CCC(=O)O)c1OC1CC1. The zero-order valence-electron chi connectivity index (χ0n) is 10.1. The summed E-state index contributed by atoms with van der Waals surface area (Å²) in [5, 5.41) is 8.69. The van der Waals surface area contributed by atoms with E-state index in [1.54, 1.807) is 0 Å². The third kappa shape index (κ3) is 3.12. The maximum Gasteiger partial charge on any atom is 0.303 e. The van der Waals surface area contributed by atoms with Crippen molar-refractivity contribution >= 4 is 5.97 Å². The zero-order valence-corrected chi connectivity index (χ0v) is 10.1. The Bertz CT molecular complexity index is 455. The number of methoxy groups -OCH3 is 1. The quantitative estimate of drug-likeness (QED) is 0.846. The molecule has 0 bridgehead atoms. The molecule has 0 saturated heterocycles. The summed E-state index contributed by atoms with van der Waals surface area (Å²) >= 11 is 0. The second-order valence-electron chi connectivity index (χ2n) is 4.31. The second-order valence-corrected chi connectivity index (χ2v) is 4.31. The highest BCUT2D eigenvalue weighted by molar-refractivity contribution is 5.67. The summed E-state index contributed by atoms with van der Waals surface area (Å²) in [6.45, 7) is 0. The summed E-state index contributed by atoms with van der Waals surface area (Å²) in [5.41, 5.74) is 0.543. The van der Waals surface area contributed by atoms with E-state index < -0.39 is 11.8 Å². The van der Waals surface area contributed by atoms with Crippen LogP contribution in [0, 0.1) is 5.82 Å². The fourth-order valence-electron chi connectivity index (χ4n) is 1.69. The van der Waals surface area contributed by atoms with E-state index in [4.69, 9.17) is 14.6 Å². The van der Waals surface area contributed by atoms with Gasteiger partial charge in [0.1, 0.15) is 5.82 Å². The van der Waals surface area contributed by atoms with E-state index in [2.05, 4.69) is 0 Å². The molecule has 5 heteroatoms. The molecule has 0 spiro atoms. The van der Waals surface area contributed by atoms with Gasteiger partial charge >= 0.3 is 5.97 Å².